The van der Waals surface area contributed by atoms with Crippen LogP contribution in [0.4, 0.5) is 5.69 Å². The van der Waals surface area contributed by atoms with E-state index in [1.807, 2.05) is 6.20 Å². The zero-order chi connectivity index (χ0) is 23.1. The first-order valence-electron chi connectivity index (χ1n) is 11.5. The second kappa shape index (κ2) is 8.68. The van der Waals surface area contributed by atoms with Gasteiger partial charge >= 0.3 is 0 Å². The molecule has 0 radical (unpaired) electrons. The topological polar surface area (TPSA) is 57.4 Å². The predicted octanol–water partition coefficient (Wildman–Crippen LogP) is 6.96. The Morgan fingerprint density at radius 2 is 1.47 bits per heavy atom. The summed E-state index contributed by atoms with van der Waals surface area (Å²) >= 11 is 0. The second-order valence-corrected chi connectivity index (χ2v) is 21.9. The van der Waals surface area contributed by atoms with Gasteiger partial charge in [-0.25, -0.2) is 0 Å². The van der Waals surface area contributed by atoms with Crippen molar-refractivity contribution >= 4 is 22.3 Å². The number of nitrogen functional groups attached to an aromatic ring is 1. The summed E-state index contributed by atoms with van der Waals surface area (Å²) in [5.74, 6) is 0.803. The first-order valence-corrected chi connectivity index (χ1v) is 17.3. The summed E-state index contributed by atoms with van der Waals surface area (Å²) in [6.07, 6.45) is 5.91. The monoisotopic (exact) mass is 450 g/mol. The Labute approximate surface area is 187 Å². The highest BCUT2D eigenvalue weighted by atomic mass is 28.4. The summed E-state index contributed by atoms with van der Waals surface area (Å²) in [5, 5.41) is 0.348. The molecule has 1 aliphatic rings. The molecule has 0 aliphatic heterocycles. The molecule has 0 spiro atoms. The van der Waals surface area contributed by atoms with E-state index in [0.717, 1.165) is 18.5 Å². The third-order valence-electron chi connectivity index (χ3n) is 7.92. The van der Waals surface area contributed by atoms with E-state index >= 15 is 0 Å². The average Bonchev–Trinajstić information content (AvgIpc) is 2.55. The van der Waals surface area contributed by atoms with Crippen LogP contribution in [0, 0.1) is 5.92 Å². The van der Waals surface area contributed by atoms with Gasteiger partial charge in [-0.15, -0.1) is 0 Å². The standard InChI is InChI=1S/C24H46N2O2Si2/c1-17-14-18(19-12-13-26-16-20(19)25)15-21(27-29(8,9)23(2,3)4)22(17)28-30(10,11)24(5,6)7/h12-13,16-18,21-22H,14-15,25H2,1-11H3/t17-,18+,21+,22?/m0/s1. The Morgan fingerprint density at radius 3 is 1.97 bits per heavy atom. The minimum Gasteiger partial charge on any atom is -0.411 e. The molecule has 2 rings (SSSR count). The Kier molecular flexibility index (Phi) is 7.40. The summed E-state index contributed by atoms with van der Waals surface area (Å²) in [7, 11) is -3.85. The number of anilines is 1. The molecule has 1 fully saturated rings. The first kappa shape index (κ1) is 25.6. The molecular weight excluding hydrogens is 404 g/mol. The minimum atomic E-state index is -1.94. The average molecular weight is 451 g/mol. The van der Waals surface area contributed by atoms with Crippen molar-refractivity contribution in [2.75, 3.05) is 5.73 Å². The largest absolute Gasteiger partial charge is 0.411 e. The molecule has 1 aromatic heterocycles. The van der Waals surface area contributed by atoms with Gasteiger partial charge < -0.3 is 14.6 Å². The van der Waals surface area contributed by atoms with Crippen molar-refractivity contribution in [2.45, 2.75) is 116 Å². The zero-order valence-electron chi connectivity index (χ0n) is 21.3. The lowest BCUT2D eigenvalue weighted by Crippen LogP contribution is -2.55. The van der Waals surface area contributed by atoms with Crippen molar-refractivity contribution in [3.05, 3.63) is 24.0 Å². The maximum Gasteiger partial charge on any atom is 0.192 e. The minimum absolute atomic E-state index is 0.0985. The van der Waals surface area contributed by atoms with Gasteiger partial charge in [0, 0.05) is 6.20 Å². The number of aromatic nitrogens is 1. The van der Waals surface area contributed by atoms with Crippen LogP contribution in [0.25, 0.3) is 0 Å². The quantitative estimate of drug-likeness (QED) is 0.493. The van der Waals surface area contributed by atoms with E-state index in [0.29, 0.717) is 11.8 Å². The summed E-state index contributed by atoms with van der Waals surface area (Å²) < 4.78 is 14.1. The molecule has 2 N–H and O–H groups in total. The van der Waals surface area contributed by atoms with Gasteiger partial charge in [-0.3, -0.25) is 4.98 Å². The summed E-state index contributed by atoms with van der Waals surface area (Å²) in [4.78, 5) is 4.19. The number of pyridine rings is 1. The molecule has 1 aromatic rings. The van der Waals surface area contributed by atoms with Gasteiger partial charge in [0.1, 0.15) is 0 Å². The number of nitrogens with two attached hydrogens (primary N) is 1. The lowest BCUT2D eigenvalue weighted by molar-refractivity contribution is -0.0304. The van der Waals surface area contributed by atoms with E-state index < -0.39 is 16.6 Å². The van der Waals surface area contributed by atoms with E-state index in [1.54, 1.807) is 6.20 Å². The summed E-state index contributed by atoms with van der Waals surface area (Å²) in [5.41, 5.74) is 8.32. The lowest BCUT2D eigenvalue weighted by Gasteiger charge is -2.50. The maximum absolute atomic E-state index is 7.06. The molecule has 4 nitrogen and oxygen atoms in total. The molecule has 4 atom stereocenters. The van der Waals surface area contributed by atoms with Crippen LogP contribution < -0.4 is 5.73 Å². The van der Waals surface area contributed by atoms with Gasteiger partial charge in [0.2, 0.25) is 0 Å². The smallest absolute Gasteiger partial charge is 0.192 e. The molecule has 0 aromatic carbocycles. The Bertz CT molecular complexity index is 723. The highest BCUT2D eigenvalue weighted by molar-refractivity contribution is 6.74. The molecule has 30 heavy (non-hydrogen) atoms. The van der Waals surface area contributed by atoms with Crippen molar-refractivity contribution in [2.24, 2.45) is 5.92 Å². The van der Waals surface area contributed by atoms with E-state index in [2.05, 4.69) is 85.7 Å². The highest BCUT2D eigenvalue weighted by Crippen LogP contribution is 2.47. The first-order chi connectivity index (χ1) is 13.5. The van der Waals surface area contributed by atoms with Crippen LogP contribution >= 0.6 is 0 Å². The number of hydrogen-bond acceptors (Lipinski definition) is 4. The predicted molar refractivity (Wildman–Crippen MR) is 134 cm³/mol. The lowest BCUT2D eigenvalue weighted by atomic mass is 9.75. The third kappa shape index (κ3) is 5.56. The molecule has 0 amide bonds. The summed E-state index contributed by atoms with van der Waals surface area (Å²) in [6, 6.07) is 2.09. The van der Waals surface area contributed by atoms with Gasteiger partial charge in [-0.2, -0.15) is 0 Å². The van der Waals surface area contributed by atoms with Gasteiger partial charge in [0.25, 0.3) is 0 Å². The second-order valence-electron chi connectivity index (χ2n) is 12.4. The Hall–Kier alpha value is -0.696. The molecule has 0 saturated heterocycles. The molecule has 1 unspecified atom stereocenters. The van der Waals surface area contributed by atoms with Crippen molar-refractivity contribution in [1.82, 2.24) is 4.98 Å². The fourth-order valence-corrected chi connectivity index (χ4v) is 6.64. The molecule has 0 bridgehead atoms. The van der Waals surface area contributed by atoms with Crippen molar-refractivity contribution < 1.29 is 8.85 Å². The number of rotatable bonds is 5. The highest BCUT2D eigenvalue weighted by Gasteiger charge is 2.48. The van der Waals surface area contributed by atoms with E-state index in [4.69, 9.17) is 14.6 Å². The fraction of sp³-hybridized carbons (Fsp3) is 0.792. The van der Waals surface area contributed by atoms with Crippen LogP contribution in [0.1, 0.15) is 72.8 Å². The van der Waals surface area contributed by atoms with E-state index in [1.165, 1.54) is 5.56 Å². The maximum atomic E-state index is 7.06. The van der Waals surface area contributed by atoms with Crippen LogP contribution in [0.3, 0.4) is 0 Å². The Morgan fingerprint density at radius 1 is 0.933 bits per heavy atom. The number of hydrogen-bond donors (Lipinski definition) is 1. The van der Waals surface area contributed by atoms with Crippen molar-refractivity contribution in [1.29, 1.82) is 0 Å². The number of nitrogens with zero attached hydrogens (tertiary/aromatic N) is 1. The molecule has 1 heterocycles. The van der Waals surface area contributed by atoms with E-state index in [-0.39, 0.29) is 22.3 Å². The SMILES string of the molecule is C[C@H]1C[C@@H](c2ccncc2N)C[C@@H](O[Si](C)(C)C(C)(C)C)C1O[Si](C)(C)C(C)(C)C. The summed E-state index contributed by atoms with van der Waals surface area (Å²) in [6.45, 7) is 25.6. The molecule has 1 saturated carbocycles. The van der Waals surface area contributed by atoms with Crippen LogP contribution in [-0.2, 0) is 8.85 Å². The third-order valence-corrected chi connectivity index (χ3v) is 16.9. The fourth-order valence-electron chi connectivity index (χ4n) is 3.88. The normalized spacial score (nSPS) is 26.6. The zero-order valence-corrected chi connectivity index (χ0v) is 23.3. The van der Waals surface area contributed by atoms with Gasteiger partial charge in [0.05, 0.1) is 24.1 Å². The van der Waals surface area contributed by atoms with Gasteiger partial charge in [0.15, 0.2) is 16.6 Å². The van der Waals surface area contributed by atoms with Crippen molar-refractivity contribution in [3.63, 3.8) is 0 Å². The van der Waals surface area contributed by atoms with Crippen LogP contribution in [0.5, 0.6) is 0 Å². The molecule has 1 aliphatic carbocycles. The van der Waals surface area contributed by atoms with Crippen LogP contribution in [-0.4, -0.2) is 33.8 Å². The molecule has 6 heteroatoms. The van der Waals surface area contributed by atoms with Crippen LogP contribution in [0.15, 0.2) is 18.5 Å². The van der Waals surface area contributed by atoms with E-state index in [9.17, 15) is 0 Å². The Balaban J connectivity index is 2.39. The van der Waals surface area contributed by atoms with Crippen molar-refractivity contribution in [3.8, 4) is 0 Å². The van der Waals surface area contributed by atoms with Crippen LogP contribution in [0.2, 0.25) is 36.3 Å². The molecular formula is C24H46N2O2Si2. The molecule has 172 valence electrons. The van der Waals surface area contributed by atoms with Gasteiger partial charge in [-0.1, -0.05) is 48.5 Å². The van der Waals surface area contributed by atoms with Gasteiger partial charge in [-0.05, 0) is 72.6 Å².